The van der Waals surface area contributed by atoms with E-state index in [-0.39, 0.29) is 5.97 Å². The normalized spacial score (nSPS) is 10.7. The third-order valence-corrected chi connectivity index (χ3v) is 3.98. The number of nitrogens with zero attached hydrogens (tertiary/aromatic N) is 3. The fourth-order valence-electron chi connectivity index (χ4n) is 1.77. The van der Waals surface area contributed by atoms with E-state index in [2.05, 4.69) is 20.3 Å². The Morgan fingerprint density at radius 3 is 2.95 bits per heavy atom. The van der Waals surface area contributed by atoms with Gasteiger partial charge in [0, 0.05) is 36.3 Å². The molecule has 6 nitrogen and oxygen atoms in total. The van der Waals surface area contributed by atoms with Gasteiger partial charge in [-0.05, 0) is 12.1 Å². The SMILES string of the molecule is COC(=O)Cc1ccc(CNCCc2nncn2C)s1. The van der Waals surface area contributed by atoms with Crippen molar-refractivity contribution in [2.75, 3.05) is 13.7 Å². The fraction of sp³-hybridized carbons (Fsp3) is 0.462. The van der Waals surface area contributed by atoms with E-state index in [1.165, 1.54) is 12.0 Å². The molecule has 2 aromatic rings. The zero-order valence-corrected chi connectivity index (χ0v) is 12.4. The lowest BCUT2D eigenvalue weighted by atomic mass is 10.3. The summed E-state index contributed by atoms with van der Waals surface area (Å²) in [5.74, 6) is 0.767. The largest absolute Gasteiger partial charge is 0.469 e. The van der Waals surface area contributed by atoms with E-state index in [0.717, 1.165) is 30.2 Å². The van der Waals surface area contributed by atoms with Crippen LogP contribution in [-0.4, -0.2) is 34.4 Å². The maximum absolute atomic E-state index is 11.2. The molecule has 0 aliphatic carbocycles. The number of aromatic nitrogens is 3. The number of nitrogens with one attached hydrogen (secondary N) is 1. The number of methoxy groups -OCH3 is 1. The van der Waals surface area contributed by atoms with Crippen LogP contribution in [0.4, 0.5) is 0 Å². The molecule has 7 heteroatoms. The van der Waals surface area contributed by atoms with Crippen molar-refractivity contribution in [2.24, 2.45) is 7.05 Å². The predicted octanol–water partition coefficient (Wildman–Crippen LogP) is 0.924. The third kappa shape index (κ3) is 4.14. The van der Waals surface area contributed by atoms with E-state index in [4.69, 9.17) is 0 Å². The van der Waals surface area contributed by atoms with Gasteiger partial charge in [0.15, 0.2) is 0 Å². The summed E-state index contributed by atoms with van der Waals surface area (Å²) in [7, 11) is 3.35. The maximum Gasteiger partial charge on any atom is 0.310 e. The molecule has 0 aromatic carbocycles. The molecule has 0 radical (unpaired) electrons. The number of thiophene rings is 1. The van der Waals surface area contributed by atoms with Gasteiger partial charge in [0.2, 0.25) is 0 Å². The van der Waals surface area contributed by atoms with Crippen LogP contribution in [0.3, 0.4) is 0 Å². The van der Waals surface area contributed by atoms with Gasteiger partial charge in [-0.1, -0.05) is 0 Å². The maximum atomic E-state index is 11.2. The lowest BCUT2D eigenvalue weighted by molar-refractivity contribution is -0.139. The Balaban J connectivity index is 1.72. The van der Waals surface area contributed by atoms with E-state index < -0.39 is 0 Å². The van der Waals surface area contributed by atoms with E-state index >= 15 is 0 Å². The average Bonchev–Trinajstić information content (AvgIpc) is 3.04. The summed E-state index contributed by atoms with van der Waals surface area (Å²) in [4.78, 5) is 13.4. The van der Waals surface area contributed by atoms with Gasteiger partial charge in [0.1, 0.15) is 12.2 Å². The molecule has 2 aromatic heterocycles. The fourth-order valence-corrected chi connectivity index (χ4v) is 2.75. The molecule has 0 amide bonds. The molecular weight excluding hydrogens is 276 g/mol. The molecule has 0 aliphatic heterocycles. The molecule has 0 unspecified atom stereocenters. The molecular formula is C13H18N4O2S. The smallest absolute Gasteiger partial charge is 0.310 e. The first kappa shape index (κ1) is 14.7. The molecule has 0 saturated heterocycles. The molecule has 0 atom stereocenters. The van der Waals surface area contributed by atoms with Crippen LogP contribution in [-0.2, 0) is 36.0 Å². The number of aryl methyl sites for hydroxylation is 1. The highest BCUT2D eigenvalue weighted by Gasteiger charge is 2.06. The lowest BCUT2D eigenvalue weighted by Crippen LogP contribution is -2.17. The van der Waals surface area contributed by atoms with Crippen LogP contribution in [0.1, 0.15) is 15.6 Å². The van der Waals surface area contributed by atoms with Gasteiger partial charge >= 0.3 is 5.97 Å². The molecule has 20 heavy (non-hydrogen) atoms. The van der Waals surface area contributed by atoms with Gasteiger partial charge in [-0.15, -0.1) is 21.5 Å². The minimum absolute atomic E-state index is 0.200. The zero-order chi connectivity index (χ0) is 14.4. The van der Waals surface area contributed by atoms with Gasteiger partial charge in [-0.3, -0.25) is 4.79 Å². The van der Waals surface area contributed by atoms with E-state index in [1.54, 1.807) is 17.7 Å². The van der Waals surface area contributed by atoms with Crippen molar-refractivity contribution in [3.8, 4) is 0 Å². The predicted molar refractivity (Wildman–Crippen MR) is 76.5 cm³/mol. The number of hydrogen-bond acceptors (Lipinski definition) is 6. The van der Waals surface area contributed by atoms with Crippen molar-refractivity contribution in [3.63, 3.8) is 0 Å². The second-order valence-corrected chi connectivity index (χ2v) is 5.66. The third-order valence-electron chi connectivity index (χ3n) is 2.89. The van der Waals surface area contributed by atoms with Gasteiger partial charge in [0.05, 0.1) is 13.5 Å². The molecule has 0 aliphatic rings. The molecule has 0 spiro atoms. The van der Waals surface area contributed by atoms with Crippen molar-refractivity contribution in [1.29, 1.82) is 0 Å². The Labute approximate surface area is 121 Å². The van der Waals surface area contributed by atoms with Crippen molar-refractivity contribution in [2.45, 2.75) is 19.4 Å². The van der Waals surface area contributed by atoms with Crippen molar-refractivity contribution in [1.82, 2.24) is 20.1 Å². The molecule has 0 bridgehead atoms. The summed E-state index contributed by atoms with van der Waals surface area (Å²) in [6.45, 7) is 1.64. The summed E-state index contributed by atoms with van der Waals surface area (Å²) in [5, 5.41) is 11.2. The van der Waals surface area contributed by atoms with Crippen molar-refractivity contribution in [3.05, 3.63) is 34.0 Å². The van der Waals surface area contributed by atoms with Gasteiger partial charge < -0.3 is 14.6 Å². The number of esters is 1. The Kier molecular flexibility index (Phi) is 5.25. The van der Waals surface area contributed by atoms with E-state index in [0.29, 0.717) is 6.42 Å². The first-order chi connectivity index (χ1) is 9.69. The summed E-state index contributed by atoms with van der Waals surface area (Å²) < 4.78 is 6.57. The molecule has 0 fully saturated rings. The summed E-state index contributed by atoms with van der Waals surface area (Å²) >= 11 is 1.63. The zero-order valence-electron chi connectivity index (χ0n) is 11.6. The molecule has 0 saturated carbocycles. The van der Waals surface area contributed by atoms with Crippen LogP contribution in [0.15, 0.2) is 18.5 Å². The van der Waals surface area contributed by atoms with E-state index in [9.17, 15) is 4.79 Å². The highest BCUT2D eigenvalue weighted by atomic mass is 32.1. The van der Waals surface area contributed by atoms with Crippen LogP contribution < -0.4 is 5.32 Å². The number of carbonyl (C=O) groups excluding carboxylic acids is 1. The van der Waals surface area contributed by atoms with Gasteiger partial charge in [0.25, 0.3) is 0 Å². The first-order valence-electron chi connectivity index (χ1n) is 6.37. The molecule has 1 N–H and O–H groups in total. The highest BCUT2D eigenvalue weighted by molar-refractivity contribution is 7.12. The van der Waals surface area contributed by atoms with Crippen LogP contribution in [0.5, 0.6) is 0 Å². The molecule has 2 rings (SSSR count). The quantitative estimate of drug-likeness (QED) is 0.607. The van der Waals surface area contributed by atoms with Crippen LogP contribution in [0.25, 0.3) is 0 Å². The van der Waals surface area contributed by atoms with E-state index in [1.807, 2.05) is 23.7 Å². The minimum Gasteiger partial charge on any atom is -0.469 e. The van der Waals surface area contributed by atoms with Gasteiger partial charge in [-0.25, -0.2) is 0 Å². The lowest BCUT2D eigenvalue weighted by Gasteiger charge is -2.02. The molecule has 2 heterocycles. The minimum atomic E-state index is -0.200. The summed E-state index contributed by atoms with van der Waals surface area (Å²) in [5.41, 5.74) is 0. The highest BCUT2D eigenvalue weighted by Crippen LogP contribution is 2.17. The topological polar surface area (TPSA) is 69.0 Å². The number of carbonyl (C=O) groups is 1. The Morgan fingerprint density at radius 2 is 2.25 bits per heavy atom. The number of rotatable bonds is 7. The monoisotopic (exact) mass is 294 g/mol. The van der Waals surface area contributed by atoms with Crippen LogP contribution in [0.2, 0.25) is 0 Å². The van der Waals surface area contributed by atoms with Crippen LogP contribution >= 0.6 is 11.3 Å². The molecule has 108 valence electrons. The first-order valence-corrected chi connectivity index (χ1v) is 7.18. The summed E-state index contributed by atoms with van der Waals surface area (Å²) in [6, 6.07) is 4.01. The van der Waals surface area contributed by atoms with Crippen LogP contribution in [0, 0.1) is 0 Å². The number of ether oxygens (including phenoxy) is 1. The Bertz CT molecular complexity index is 564. The summed E-state index contributed by atoms with van der Waals surface area (Å²) in [6.07, 6.45) is 2.89. The van der Waals surface area contributed by atoms with Gasteiger partial charge in [-0.2, -0.15) is 0 Å². The average molecular weight is 294 g/mol. The second kappa shape index (κ2) is 7.16. The Hall–Kier alpha value is -1.73. The Morgan fingerprint density at radius 1 is 1.45 bits per heavy atom. The standard InChI is InChI=1S/C13H18N4O2S/c1-17-9-15-16-12(17)5-6-14-8-11-4-3-10(20-11)7-13(18)19-2/h3-4,9,14H,5-8H2,1-2H3. The van der Waals surface area contributed by atoms with Crippen molar-refractivity contribution >= 4 is 17.3 Å². The van der Waals surface area contributed by atoms with Crippen molar-refractivity contribution < 1.29 is 9.53 Å². The second-order valence-electron chi connectivity index (χ2n) is 4.41. The number of hydrogen-bond donors (Lipinski definition) is 1.